The average Bonchev–Trinajstić information content (AvgIpc) is 3.13. The van der Waals surface area contributed by atoms with Gasteiger partial charge in [-0.3, -0.25) is 0 Å². The Bertz CT molecular complexity index is 547. The molecule has 0 radical (unpaired) electrons. The molecule has 0 amide bonds. The maximum absolute atomic E-state index is 5.61. The number of nitrogens with one attached hydrogen (secondary N) is 1. The summed E-state index contributed by atoms with van der Waals surface area (Å²) in [5, 5.41) is 7.72. The quantitative estimate of drug-likeness (QED) is 0.776. The van der Waals surface area contributed by atoms with E-state index in [4.69, 9.17) is 4.74 Å². The van der Waals surface area contributed by atoms with Crippen LogP contribution in [0.1, 0.15) is 25.0 Å². The fourth-order valence-electron chi connectivity index (χ4n) is 2.10. The summed E-state index contributed by atoms with van der Waals surface area (Å²) in [4.78, 5) is 4.36. The first-order valence-corrected chi connectivity index (χ1v) is 6.95. The Labute approximate surface area is 113 Å². The maximum Gasteiger partial charge on any atom is 0.152 e. The molecule has 0 spiro atoms. The zero-order valence-corrected chi connectivity index (χ0v) is 11.3. The highest BCUT2D eigenvalue weighted by Crippen LogP contribution is 2.28. The van der Waals surface area contributed by atoms with E-state index in [2.05, 4.69) is 15.4 Å². The number of rotatable bonds is 7. The van der Waals surface area contributed by atoms with Crippen LogP contribution < -0.4 is 5.32 Å². The third-order valence-electron chi connectivity index (χ3n) is 3.32. The monoisotopic (exact) mass is 260 g/mol. The molecule has 1 N–H and O–H groups in total. The van der Waals surface area contributed by atoms with Crippen molar-refractivity contribution in [1.82, 2.24) is 14.6 Å². The molecule has 1 fully saturated rings. The number of hydrogen-bond donors (Lipinski definition) is 1. The number of fused-ring (bicyclic) bond motifs is 1. The fourth-order valence-corrected chi connectivity index (χ4v) is 2.10. The largest absolute Gasteiger partial charge is 0.381 e. The van der Waals surface area contributed by atoms with Gasteiger partial charge in [-0.05, 0) is 38.2 Å². The van der Waals surface area contributed by atoms with E-state index >= 15 is 0 Å². The van der Waals surface area contributed by atoms with Gasteiger partial charge in [-0.25, -0.2) is 9.50 Å². The van der Waals surface area contributed by atoms with Gasteiger partial charge in [-0.1, -0.05) is 0 Å². The fraction of sp³-hybridized carbons (Fsp3) is 0.571. The van der Waals surface area contributed by atoms with Gasteiger partial charge in [-0.15, -0.1) is 0 Å². The van der Waals surface area contributed by atoms with Crippen LogP contribution in [0.5, 0.6) is 0 Å². The SMILES string of the molecule is Cc1cc2c(NCCCOCC3CC3)nccn2n1. The minimum absolute atomic E-state index is 0.824. The highest BCUT2D eigenvalue weighted by atomic mass is 16.5. The summed E-state index contributed by atoms with van der Waals surface area (Å²) in [6.45, 7) is 4.63. The highest BCUT2D eigenvalue weighted by molar-refractivity contribution is 5.67. The number of ether oxygens (including phenoxy) is 1. The molecule has 1 aliphatic rings. The number of anilines is 1. The smallest absolute Gasteiger partial charge is 0.152 e. The molecule has 1 aliphatic carbocycles. The van der Waals surface area contributed by atoms with Crippen LogP contribution in [0, 0.1) is 12.8 Å². The summed E-state index contributed by atoms with van der Waals surface area (Å²) in [7, 11) is 0. The van der Waals surface area contributed by atoms with E-state index in [-0.39, 0.29) is 0 Å². The second kappa shape index (κ2) is 5.57. The molecule has 0 unspecified atom stereocenters. The Hall–Kier alpha value is -1.62. The number of aromatic nitrogens is 3. The average molecular weight is 260 g/mol. The van der Waals surface area contributed by atoms with Gasteiger partial charge < -0.3 is 10.1 Å². The van der Waals surface area contributed by atoms with Crippen molar-refractivity contribution in [3.05, 3.63) is 24.2 Å². The summed E-state index contributed by atoms with van der Waals surface area (Å²) in [6, 6.07) is 2.04. The predicted octanol–water partition coefficient (Wildman–Crippen LogP) is 2.27. The topological polar surface area (TPSA) is 51.5 Å². The van der Waals surface area contributed by atoms with Crippen molar-refractivity contribution >= 4 is 11.3 Å². The molecule has 0 saturated heterocycles. The lowest BCUT2D eigenvalue weighted by Gasteiger charge is -2.07. The van der Waals surface area contributed by atoms with Gasteiger partial charge in [0.25, 0.3) is 0 Å². The molecule has 2 heterocycles. The van der Waals surface area contributed by atoms with Gasteiger partial charge in [-0.2, -0.15) is 5.10 Å². The van der Waals surface area contributed by atoms with E-state index in [0.29, 0.717) is 0 Å². The summed E-state index contributed by atoms with van der Waals surface area (Å²) in [5.41, 5.74) is 2.03. The molecule has 1 saturated carbocycles. The Kier molecular flexibility index (Phi) is 3.64. The zero-order valence-electron chi connectivity index (χ0n) is 11.3. The molecule has 102 valence electrons. The van der Waals surface area contributed by atoms with E-state index in [1.165, 1.54) is 12.8 Å². The van der Waals surface area contributed by atoms with Crippen LogP contribution in [0.2, 0.25) is 0 Å². The molecule has 0 aromatic carbocycles. The Morgan fingerprint density at radius 2 is 2.37 bits per heavy atom. The highest BCUT2D eigenvalue weighted by Gasteiger charge is 2.20. The van der Waals surface area contributed by atoms with Crippen LogP contribution in [0.25, 0.3) is 5.52 Å². The zero-order chi connectivity index (χ0) is 13.1. The van der Waals surface area contributed by atoms with E-state index in [1.807, 2.05) is 23.7 Å². The van der Waals surface area contributed by atoms with Crippen LogP contribution in [0.4, 0.5) is 5.82 Å². The predicted molar refractivity (Wildman–Crippen MR) is 74.4 cm³/mol. The van der Waals surface area contributed by atoms with Crippen molar-refractivity contribution in [3.8, 4) is 0 Å². The maximum atomic E-state index is 5.61. The van der Waals surface area contributed by atoms with Crippen LogP contribution in [0.3, 0.4) is 0 Å². The molecule has 2 aromatic heterocycles. The van der Waals surface area contributed by atoms with Crippen molar-refractivity contribution in [2.24, 2.45) is 5.92 Å². The molecular weight excluding hydrogens is 240 g/mol. The Balaban J connectivity index is 1.47. The lowest BCUT2D eigenvalue weighted by atomic mass is 10.4. The minimum Gasteiger partial charge on any atom is -0.381 e. The molecule has 0 bridgehead atoms. The first-order valence-electron chi connectivity index (χ1n) is 6.95. The first-order chi connectivity index (χ1) is 9.33. The molecule has 0 atom stereocenters. The standard InChI is InChI=1S/C14H20N4O/c1-11-9-13-14(16-6-7-18(13)17-11)15-5-2-8-19-10-12-3-4-12/h6-7,9,12H,2-5,8,10H2,1H3,(H,15,16). The van der Waals surface area contributed by atoms with Gasteiger partial charge in [0.2, 0.25) is 0 Å². The van der Waals surface area contributed by atoms with Crippen molar-refractivity contribution in [2.75, 3.05) is 25.1 Å². The first kappa shape index (κ1) is 12.4. The number of aryl methyl sites for hydroxylation is 1. The summed E-state index contributed by atoms with van der Waals surface area (Å²) >= 11 is 0. The molecule has 2 aromatic rings. The lowest BCUT2D eigenvalue weighted by Crippen LogP contribution is -2.08. The van der Waals surface area contributed by atoms with E-state index in [1.54, 1.807) is 6.20 Å². The van der Waals surface area contributed by atoms with Gasteiger partial charge in [0.1, 0.15) is 5.52 Å². The van der Waals surface area contributed by atoms with Crippen molar-refractivity contribution < 1.29 is 4.74 Å². The van der Waals surface area contributed by atoms with E-state index in [9.17, 15) is 0 Å². The van der Waals surface area contributed by atoms with Crippen LogP contribution in [0.15, 0.2) is 18.5 Å². The molecule has 5 nitrogen and oxygen atoms in total. The third-order valence-corrected chi connectivity index (χ3v) is 3.32. The Morgan fingerprint density at radius 3 is 3.21 bits per heavy atom. The molecular formula is C14H20N4O. The molecule has 3 rings (SSSR count). The van der Waals surface area contributed by atoms with Gasteiger partial charge in [0.05, 0.1) is 5.69 Å². The van der Waals surface area contributed by atoms with Crippen LogP contribution in [-0.4, -0.2) is 34.4 Å². The van der Waals surface area contributed by atoms with Gasteiger partial charge >= 0.3 is 0 Å². The van der Waals surface area contributed by atoms with Gasteiger partial charge in [0.15, 0.2) is 5.82 Å². The second-order valence-corrected chi connectivity index (χ2v) is 5.19. The molecule has 19 heavy (non-hydrogen) atoms. The summed E-state index contributed by atoms with van der Waals surface area (Å²) < 4.78 is 7.46. The normalized spacial score (nSPS) is 15.0. The number of hydrogen-bond acceptors (Lipinski definition) is 4. The lowest BCUT2D eigenvalue weighted by molar-refractivity contribution is 0.124. The van der Waals surface area contributed by atoms with Crippen LogP contribution >= 0.6 is 0 Å². The molecule has 0 aliphatic heterocycles. The van der Waals surface area contributed by atoms with Crippen molar-refractivity contribution in [1.29, 1.82) is 0 Å². The Morgan fingerprint density at radius 1 is 1.47 bits per heavy atom. The second-order valence-electron chi connectivity index (χ2n) is 5.19. The number of nitrogens with zero attached hydrogens (tertiary/aromatic N) is 3. The van der Waals surface area contributed by atoms with Crippen molar-refractivity contribution in [3.63, 3.8) is 0 Å². The van der Waals surface area contributed by atoms with Crippen molar-refractivity contribution in [2.45, 2.75) is 26.2 Å². The van der Waals surface area contributed by atoms with E-state index < -0.39 is 0 Å². The third kappa shape index (κ3) is 3.23. The summed E-state index contributed by atoms with van der Waals surface area (Å²) in [5.74, 6) is 1.74. The summed E-state index contributed by atoms with van der Waals surface area (Å²) in [6.07, 6.45) is 7.34. The minimum atomic E-state index is 0.824. The van der Waals surface area contributed by atoms with Gasteiger partial charge in [0, 0.05) is 32.2 Å². The molecule has 5 heteroatoms. The van der Waals surface area contributed by atoms with Crippen LogP contribution in [-0.2, 0) is 4.74 Å². The van der Waals surface area contributed by atoms with E-state index in [0.717, 1.165) is 49.1 Å².